The smallest absolute Gasteiger partial charge is 0.188 e. The van der Waals surface area contributed by atoms with Gasteiger partial charge in [0.05, 0.1) is 6.10 Å². The number of nitrogens with one attached hydrogen (secondary N) is 1. The van der Waals surface area contributed by atoms with Gasteiger partial charge in [-0.3, -0.25) is 4.99 Å². The van der Waals surface area contributed by atoms with E-state index in [4.69, 9.17) is 5.73 Å². The van der Waals surface area contributed by atoms with Crippen LogP contribution in [0.2, 0.25) is 0 Å². The molecule has 4 nitrogen and oxygen atoms in total. The molecule has 0 aromatic heterocycles. The number of hydrogen-bond acceptors (Lipinski definition) is 2. The van der Waals surface area contributed by atoms with Gasteiger partial charge in [0.2, 0.25) is 0 Å². The number of aliphatic imine (C=N–C) groups is 1. The predicted molar refractivity (Wildman–Crippen MR) is 67.3 cm³/mol. The molecule has 0 heterocycles. The van der Waals surface area contributed by atoms with Crippen molar-refractivity contribution in [1.82, 2.24) is 5.32 Å². The minimum Gasteiger partial charge on any atom is -0.393 e. The summed E-state index contributed by atoms with van der Waals surface area (Å²) in [6.07, 6.45) is 4.03. The van der Waals surface area contributed by atoms with E-state index in [-0.39, 0.29) is 6.10 Å². The van der Waals surface area contributed by atoms with E-state index in [2.05, 4.69) is 24.2 Å². The van der Waals surface area contributed by atoms with Crippen LogP contribution in [0.5, 0.6) is 0 Å². The summed E-state index contributed by atoms with van der Waals surface area (Å²) >= 11 is 0. The van der Waals surface area contributed by atoms with E-state index in [1.54, 1.807) is 0 Å². The number of nitrogens with zero attached hydrogens (tertiary/aromatic N) is 1. The van der Waals surface area contributed by atoms with Crippen LogP contribution in [-0.4, -0.2) is 30.3 Å². The first-order chi connectivity index (χ1) is 7.58. The average molecular weight is 227 g/mol. The van der Waals surface area contributed by atoms with Crippen molar-refractivity contribution in [1.29, 1.82) is 0 Å². The van der Waals surface area contributed by atoms with Gasteiger partial charge in [-0.1, -0.05) is 20.3 Å². The summed E-state index contributed by atoms with van der Waals surface area (Å²) in [5.41, 5.74) is 5.75. The molecule has 0 bridgehead atoms. The Kier molecular flexibility index (Phi) is 5.60. The molecule has 1 saturated carbocycles. The number of guanidine groups is 1. The van der Waals surface area contributed by atoms with Gasteiger partial charge in [-0.15, -0.1) is 0 Å². The zero-order chi connectivity index (χ0) is 12.0. The van der Waals surface area contributed by atoms with Gasteiger partial charge in [0.15, 0.2) is 5.96 Å². The Labute approximate surface area is 98.3 Å². The molecule has 0 aromatic rings. The summed E-state index contributed by atoms with van der Waals surface area (Å²) in [7, 11) is 0. The highest BCUT2D eigenvalue weighted by atomic mass is 16.3. The van der Waals surface area contributed by atoms with Gasteiger partial charge in [0.25, 0.3) is 0 Å². The van der Waals surface area contributed by atoms with E-state index in [0.717, 1.165) is 32.4 Å². The first-order valence-corrected chi connectivity index (χ1v) is 6.29. The van der Waals surface area contributed by atoms with Gasteiger partial charge < -0.3 is 16.2 Å². The molecule has 0 aliphatic heterocycles. The predicted octanol–water partition coefficient (Wildman–Crippen LogP) is 1.10. The van der Waals surface area contributed by atoms with E-state index < -0.39 is 0 Å². The Hall–Kier alpha value is -0.770. The lowest BCUT2D eigenvalue weighted by atomic mass is 9.87. The normalized spacial score (nSPS) is 27.1. The van der Waals surface area contributed by atoms with Crippen molar-refractivity contribution in [2.24, 2.45) is 22.6 Å². The van der Waals surface area contributed by atoms with Crippen molar-refractivity contribution < 1.29 is 5.11 Å². The first kappa shape index (κ1) is 13.3. The lowest BCUT2D eigenvalue weighted by Crippen LogP contribution is -2.37. The summed E-state index contributed by atoms with van der Waals surface area (Å²) < 4.78 is 0. The molecule has 1 fully saturated rings. The molecule has 4 heteroatoms. The van der Waals surface area contributed by atoms with Gasteiger partial charge in [-0.2, -0.15) is 0 Å². The molecule has 2 unspecified atom stereocenters. The zero-order valence-corrected chi connectivity index (χ0v) is 10.4. The molecule has 94 valence electrons. The third-order valence-electron chi connectivity index (χ3n) is 2.95. The minimum atomic E-state index is -0.116. The Morgan fingerprint density at radius 2 is 2.25 bits per heavy atom. The van der Waals surface area contributed by atoms with Crippen LogP contribution in [0.25, 0.3) is 0 Å². The third-order valence-corrected chi connectivity index (χ3v) is 2.95. The summed E-state index contributed by atoms with van der Waals surface area (Å²) in [5.74, 6) is 1.61. The fraction of sp³-hybridized carbons (Fsp3) is 0.917. The highest BCUT2D eigenvalue weighted by Crippen LogP contribution is 2.23. The average Bonchev–Trinajstić information content (AvgIpc) is 2.23. The highest BCUT2D eigenvalue weighted by molar-refractivity contribution is 5.77. The van der Waals surface area contributed by atoms with Gasteiger partial charge in [-0.05, 0) is 31.1 Å². The summed E-state index contributed by atoms with van der Waals surface area (Å²) in [6.45, 7) is 5.85. The molecule has 4 N–H and O–H groups in total. The van der Waals surface area contributed by atoms with Gasteiger partial charge in [0, 0.05) is 13.1 Å². The van der Waals surface area contributed by atoms with E-state index in [9.17, 15) is 5.11 Å². The van der Waals surface area contributed by atoms with Crippen LogP contribution >= 0.6 is 0 Å². The zero-order valence-electron chi connectivity index (χ0n) is 10.4. The molecule has 1 aliphatic carbocycles. The molecule has 16 heavy (non-hydrogen) atoms. The number of aliphatic hydroxyl groups is 1. The summed E-state index contributed by atoms with van der Waals surface area (Å²) in [5, 5.41) is 12.7. The Morgan fingerprint density at radius 3 is 2.88 bits per heavy atom. The minimum absolute atomic E-state index is 0.116. The molecule has 0 radical (unpaired) electrons. The molecular formula is C12H25N3O. The van der Waals surface area contributed by atoms with E-state index in [0.29, 0.717) is 17.8 Å². The molecule has 1 rings (SSSR count). The second kappa shape index (κ2) is 6.74. The second-order valence-electron chi connectivity index (χ2n) is 5.19. The largest absolute Gasteiger partial charge is 0.393 e. The SMILES string of the molecule is CC(C)CN=C(N)NCC1CCCC(O)C1. The number of nitrogens with two attached hydrogens (primary N) is 1. The maximum atomic E-state index is 9.53. The van der Waals surface area contributed by atoms with E-state index in [1.165, 1.54) is 6.42 Å². The molecule has 1 aliphatic rings. The number of aliphatic hydroxyl groups excluding tert-OH is 1. The van der Waals surface area contributed by atoms with E-state index >= 15 is 0 Å². The Balaban J connectivity index is 2.20. The van der Waals surface area contributed by atoms with Crippen LogP contribution in [0.3, 0.4) is 0 Å². The van der Waals surface area contributed by atoms with Crippen LogP contribution in [0.15, 0.2) is 4.99 Å². The Bertz CT molecular complexity index is 228. The van der Waals surface area contributed by atoms with Crippen molar-refractivity contribution >= 4 is 5.96 Å². The van der Waals surface area contributed by atoms with Crippen molar-refractivity contribution in [2.75, 3.05) is 13.1 Å². The standard InChI is InChI=1S/C12H25N3O/c1-9(2)7-14-12(13)15-8-10-4-3-5-11(16)6-10/h9-11,16H,3-8H2,1-2H3,(H3,13,14,15). The van der Waals surface area contributed by atoms with Crippen molar-refractivity contribution in [3.8, 4) is 0 Å². The van der Waals surface area contributed by atoms with E-state index in [1.807, 2.05) is 0 Å². The lowest BCUT2D eigenvalue weighted by molar-refractivity contribution is 0.102. The van der Waals surface area contributed by atoms with Gasteiger partial charge >= 0.3 is 0 Å². The van der Waals surface area contributed by atoms with Crippen molar-refractivity contribution in [3.63, 3.8) is 0 Å². The quantitative estimate of drug-likeness (QED) is 0.497. The maximum absolute atomic E-state index is 9.53. The molecule has 0 amide bonds. The summed E-state index contributed by atoms with van der Waals surface area (Å²) in [6, 6.07) is 0. The third kappa shape index (κ3) is 5.35. The monoisotopic (exact) mass is 227 g/mol. The van der Waals surface area contributed by atoms with Crippen LogP contribution < -0.4 is 11.1 Å². The fourth-order valence-electron chi connectivity index (χ4n) is 2.03. The fourth-order valence-corrected chi connectivity index (χ4v) is 2.03. The Morgan fingerprint density at radius 1 is 1.50 bits per heavy atom. The van der Waals surface area contributed by atoms with Crippen molar-refractivity contribution in [3.05, 3.63) is 0 Å². The molecule has 0 saturated heterocycles. The maximum Gasteiger partial charge on any atom is 0.188 e. The summed E-state index contributed by atoms with van der Waals surface area (Å²) in [4.78, 5) is 4.25. The molecule has 2 atom stereocenters. The van der Waals surface area contributed by atoms with Crippen LogP contribution in [0.1, 0.15) is 39.5 Å². The topological polar surface area (TPSA) is 70.6 Å². The van der Waals surface area contributed by atoms with Crippen LogP contribution in [0, 0.1) is 11.8 Å². The van der Waals surface area contributed by atoms with Crippen molar-refractivity contribution in [2.45, 2.75) is 45.6 Å². The molecule has 0 spiro atoms. The molecule has 0 aromatic carbocycles. The first-order valence-electron chi connectivity index (χ1n) is 6.29. The van der Waals surface area contributed by atoms with Crippen LogP contribution in [-0.2, 0) is 0 Å². The lowest BCUT2D eigenvalue weighted by Gasteiger charge is -2.26. The molecular weight excluding hydrogens is 202 g/mol. The highest BCUT2D eigenvalue weighted by Gasteiger charge is 2.19. The second-order valence-corrected chi connectivity index (χ2v) is 5.19. The van der Waals surface area contributed by atoms with Gasteiger partial charge in [-0.25, -0.2) is 0 Å². The number of rotatable bonds is 4. The number of hydrogen-bond donors (Lipinski definition) is 3. The van der Waals surface area contributed by atoms with Crippen LogP contribution in [0.4, 0.5) is 0 Å². The van der Waals surface area contributed by atoms with Gasteiger partial charge in [0.1, 0.15) is 0 Å².